The van der Waals surface area contributed by atoms with E-state index in [1.165, 1.54) is 17.4 Å². The van der Waals surface area contributed by atoms with E-state index in [2.05, 4.69) is 29.2 Å². The lowest BCUT2D eigenvalue weighted by Crippen LogP contribution is -2.26. The molecule has 1 aliphatic heterocycles. The van der Waals surface area contributed by atoms with Crippen LogP contribution in [0.15, 0.2) is 47.4 Å². The molecule has 2 aliphatic rings. The van der Waals surface area contributed by atoms with Gasteiger partial charge in [-0.1, -0.05) is 30.3 Å². The molecule has 1 heterocycles. The molecule has 1 aliphatic carbocycles. The van der Waals surface area contributed by atoms with Crippen molar-refractivity contribution in [3.8, 4) is 5.75 Å². The van der Waals surface area contributed by atoms with Gasteiger partial charge in [-0.15, -0.1) is 0 Å². The molecule has 0 saturated heterocycles. The highest BCUT2D eigenvalue weighted by Crippen LogP contribution is 2.33. The Morgan fingerprint density at radius 1 is 1.06 bits per heavy atom. The van der Waals surface area contributed by atoms with Crippen LogP contribution in [0.3, 0.4) is 0 Å². The van der Waals surface area contributed by atoms with Gasteiger partial charge in [-0.05, 0) is 73.3 Å². The largest absolute Gasteiger partial charge is 0.492 e. The van der Waals surface area contributed by atoms with Gasteiger partial charge >= 0.3 is 0 Å². The van der Waals surface area contributed by atoms with Crippen LogP contribution in [0.25, 0.3) is 0 Å². The van der Waals surface area contributed by atoms with Gasteiger partial charge in [0.05, 0.1) is 12.7 Å². The first-order valence-electron chi connectivity index (χ1n) is 11.2. The summed E-state index contributed by atoms with van der Waals surface area (Å²) < 4.78 is 31.0. The van der Waals surface area contributed by atoms with E-state index in [1.807, 2.05) is 19.1 Å². The quantitative estimate of drug-likeness (QED) is 0.696. The fraction of sp³-hybridized carbons (Fsp3) is 0.520. The summed E-state index contributed by atoms with van der Waals surface area (Å²) in [6.07, 6.45) is 5.02. The van der Waals surface area contributed by atoms with Crippen molar-refractivity contribution < 1.29 is 18.3 Å². The Morgan fingerprint density at radius 2 is 1.71 bits per heavy atom. The molecule has 0 radical (unpaired) electrons. The Morgan fingerprint density at radius 3 is 2.29 bits per heavy atom. The predicted octanol–water partition coefficient (Wildman–Crippen LogP) is 4.17. The van der Waals surface area contributed by atoms with Crippen molar-refractivity contribution in [1.82, 2.24) is 4.90 Å². The summed E-state index contributed by atoms with van der Waals surface area (Å²) in [5, 5.41) is 9.77. The maximum absolute atomic E-state index is 12.5. The third-order valence-corrected chi connectivity index (χ3v) is 7.89. The fourth-order valence-electron chi connectivity index (χ4n) is 4.88. The Bertz CT molecular complexity index is 985. The number of benzene rings is 2. The third-order valence-electron chi connectivity index (χ3n) is 6.77. The summed E-state index contributed by atoms with van der Waals surface area (Å²) in [5.74, 6) is 1.23. The molecular weight excluding hydrogens is 410 g/mol. The average molecular weight is 444 g/mol. The van der Waals surface area contributed by atoms with Gasteiger partial charge in [-0.25, -0.2) is 8.42 Å². The van der Waals surface area contributed by atoms with E-state index in [0.717, 1.165) is 44.3 Å². The minimum Gasteiger partial charge on any atom is -0.492 e. The van der Waals surface area contributed by atoms with Crippen molar-refractivity contribution in [2.24, 2.45) is 11.8 Å². The van der Waals surface area contributed by atoms with E-state index >= 15 is 0 Å². The zero-order chi connectivity index (χ0) is 22.0. The second-order valence-electron chi connectivity index (χ2n) is 9.30. The first-order chi connectivity index (χ1) is 14.8. The van der Waals surface area contributed by atoms with Gasteiger partial charge in [-0.3, -0.25) is 4.90 Å². The van der Waals surface area contributed by atoms with Crippen LogP contribution >= 0.6 is 0 Å². The zero-order valence-electron chi connectivity index (χ0n) is 18.5. The minimum atomic E-state index is -3.39. The summed E-state index contributed by atoms with van der Waals surface area (Å²) in [6, 6.07) is 14.0. The van der Waals surface area contributed by atoms with Crippen molar-refractivity contribution in [2.75, 3.05) is 12.9 Å². The smallest absolute Gasteiger partial charge is 0.179 e. The van der Waals surface area contributed by atoms with Crippen molar-refractivity contribution in [1.29, 1.82) is 0 Å². The standard InChI is InChI=1S/C25H33NO4S/c1-18(27)21-10-7-19(8-11-21)17-30-24-12-9-20(13-25(24)31(2,28)29)14-26-15-22-5-3-4-6-23(22)16-26/h3-6,9,12-13,18-19,21,27H,7-8,10-11,14-17H2,1-2H3. The molecule has 1 saturated carbocycles. The van der Waals surface area contributed by atoms with Gasteiger partial charge in [0, 0.05) is 25.9 Å². The molecule has 0 aromatic heterocycles. The molecule has 1 atom stereocenters. The number of aliphatic hydroxyl groups excluding tert-OH is 1. The normalized spacial score (nSPS) is 22.8. The van der Waals surface area contributed by atoms with Gasteiger partial charge in [0.15, 0.2) is 9.84 Å². The molecule has 2 aromatic rings. The topological polar surface area (TPSA) is 66.8 Å². The van der Waals surface area contributed by atoms with Crippen LogP contribution in [-0.2, 0) is 29.5 Å². The highest BCUT2D eigenvalue weighted by atomic mass is 32.2. The second-order valence-corrected chi connectivity index (χ2v) is 11.3. The fourth-order valence-corrected chi connectivity index (χ4v) is 5.74. The van der Waals surface area contributed by atoms with E-state index in [-0.39, 0.29) is 11.0 Å². The lowest BCUT2D eigenvalue weighted by atomic mass is 9.80. The van der Waals surface area contributed by atoms with E-state index < -0.39 is 9.84 Å². The summed E-state index contributed by atoms with van der Waals surface area (Å²) in [5.41, 5.74) is 3.67. The minimum absolute atomic E-state index is 0.255. The summed E-state index contributed by atoms with van der Waals surface area (Å²) in [6.45, 7) is 4.87. The molecule has 31 heavy (non-hydrogen) atoms. The van der Waals surface area contributed by atoms with E-state index in [4.69, 9.17) is 4.74 Å². The lowest BCUT2D eigenvalue weighted by Gasteiger charge is -2.30. The van der Waals surface area contributed by atoms with Crippen LogP contribution in [-0.4, -0.2) is 37.4 Å². The molecule has 1 fully saturated rings. The van der Waals surface area contributed by atoms with Crippen molar-refractivity contribution in [3.63, 3.8) is 0 Å². The number of nitrogens with zero attached hydrogens (tertiary/aromatic N) is 1. The van der Waals surface area contributed by atoms with Gasteiger partial charge < -0.3 is 9.84 Å². The Kier molecular flexibility index (Phi) is 6.70. The summed E-state index contributed by atoms with van der Waals surface area (Å²) >= 11 is 0. The average Bonchev–Trinajstić information content (AvgIpc) is 3.14. The van der Waals surface area contributed by atoms with Gasteiger partial charge in [-0.2, -0.15) is 0 Å². The highest BCUT2D eigenvalue weighted by molar-refractivity contribution is 7.90. The lowest BCUT2D eigenvalue weighted by molar-refractivity contribution is 0.0781. The molecule has 0 spiro atoms. The molecule has 4 rings (SSSR count). The molecule has 0 bridgehead atoms. The van der Waals surface area contributed by atoms with Gasteiger partial charge in [0.25, 0.3) is 0 Å². The molecule has 6 heteroatoms. The molecule has 5 nitrogen and oxygen atoms in total. The first-order valence-corrected chi connectivity index (χ1v) is 13.1. The molecular formula is C25H33NO4S. The van der Waals surface area contributed by atoms with E-state index in [1.54, 1.807) is 6.07 Å². The van der Waals surface area contributed by atoms with E-state index in [0.29, 0.717) is 30.7 Å². The Balaban J connectivity index is 1.41. The number of rotatable bonds is 7. The molecule has 168 valence electrons. The zero-order valence-corrected chi connectivity index (χ0v) is 19.3. The monoisotopic (exact) mass is 443 g/mol. The van der Waals surface area contributed by atoms with Gasteiger partial charge in [0.2, 0.25) is 0 Å². The van der Waals surface area contributed by atoms with Crippen LogP contribution in [0.1, 0.15) is 49.3 Å². The van der Waals surface area contributed by atoms with Crippen LogP contribution in [0.4, 0.5) is 0 Å². The second kappa shape index (κ2) is 9.31. The number of fused-ring (bicyclic) bond motifs is 1. The Hall–Kier alpha value is -1.89. The summed E-state index contributed by atoms with van der Waals surface area (Å²) in [7, 11) is -3.39. The molecule has 1 unspecified atom stereocenters. The number of ether oxygens (including phenoxy) is 1. The van der Waals surface area contributed by atoms with Gasteiger partial charge in [0.1, 0.15) is 10.6 Å². The molecule has 1 N–H and O–H groups in total. The van der Waals surface area contributed by atoms with Crippen molar-refractivity contribution in [2.45, 2.75) is 63.2 Å². The predicted molar refractivity (Wildman–Crippen MR) is 122 cm³/mol. The maximum atomic E-state index is 12.5. The summed E-state index contributed by atoms with van der Waals surface area (Å²) in [4.78, 5) is 2.60. The first kappa shape index (κ1) is 22.3. The Labute approximate surface area is 186 Å². The van der Waals surface area contributed by atoms with Crippen LogP contribution in [0.2, 0.25) is 0 Å². The van der Waals surface area contributed by atoms with Crippen molar-refractivity contribution >= 4 is 9.84 Å². The van der Waals surface area contributed by atoms with Crippen molar-refractivity contribution in [3.05, 3.63) is 59.2 Å². The molecule has 0 amide bonds. The van der Waals surface area contributed by atoms with Crippen LogP contribution in [0, 0.1) is 11.8 Å². The third kappa shape index (κ3) is 5.48. The number of aliphatic hydroxyl groups is 1. The number of hydrogen-bond donors (Lipinski definition) is 1. The highest BCUT2D eigenvalue weighted by Gasteiger charge is 2.26. The van der Waals surface area contributed by atoms with Crippen LogP contribution < -0.4 is 4.74 Å². The molecule has 2 aromatic carbocycles. The van der Waals surface area contributed by atoms with Crippen LogP contribution in [0.5, 0.6) is 5.75 Å². The number of sulfone groups is 1. The maximum Gasteiger partial charge on any atom is 0.179 e. The number of hydrogen-bond acceptors (Lipinski definition) is 5. The SMILES string of the molecule is CC(O)C1CCC(COc2ccc(CN3Cc4ccccc4C3)cc2S(C)(=O)=O)CC1. The van der Waals surface area contributed by atoms with E-state index in [9.17, 15) is 13.5 Å².